The van der Waals surface area contributed by atoms with Crippen molar-refractivity contribution in [3.63, 3.8) is 0 Å². The van der Waals surface area contributed by atoms with Gasteiger partial charge in [-0.25, -0.2) is 0 Å². The van der Waals surface area contributed by atoms with Crippen molar-refractivity contribution in [2.75, 3.05) is 26.2 Å². The first-order chi connectivity index (χ1) is 4.91. The van der Waals surface area contributed by atoms with Crippen LogP contribution in [0.15, 0.2) is 12.4 Å². The lowest BCUT2D eigenvalue weighted by Crippen LogP contribution is -2.20. The van der Waals surface area contributed by atoms with Crippen LogP contribution in [0.2, 0.25) is 0 Å². The molecule has 0 spiro atoms. The summed E-state index contributed by atoms with van der Waals surface area (Å²) in [5.74, 6) is 0. The third-order valence-electron chi connectivity index (χ3n) is 0.896. The minimum absolute atomic E-state index is 0.654. The van der Waals surface area contributed by atoms with E-state index in [-0.39, 0.29) is 0 Å². The van der Waals surface area contributed by atoms with Gasteiger partial charge < -0.3 is 22.1 Å². The second-order valence-corrected chi connectivity index (χ2v) is 1.82. The molecule has 6 N–H and O–H groups in total. The topological polar surface area (TPSA) is 76.1 Å². The standard InChI is InChI=1S/C6H16N4/c7-1-3-9-5-6-10-4-2-8/h5-6,9-10H,1-4,7-8H2/b6-5+. The predicted molar refractivity (Wildman–Crippen MR) is 43.3 cm³/mol. The largest absolute Gasteiger partial charge is 0.388 e. The van der Waals surface area contributed by atoms with E-state index < -0.39 is 0 Å². The van der Waals surface area contributed by atoms with E-state index in [1.54, 1.807) is 0 Å². The van der Waals surface area contributed by atoms with Gasteiger partial charge in [0.15, 0.2) is 0 Å². The Bertz CT molecular complexity index is 71.8. The molecule has 0 bridgehead atoms. The van der Waals surface area contributed by atoms with E-state index in [9.17, 15) is 0 Å². The lowest BCUT2D eigenvalue weighted by molar-refractivity contribution is 0.807. The highest BCUT2D eigenvalue weighted by Gasteiger charge is 1.73. The normalized spacial score (nSPS) is 10.2. The van der Waals surface area contributed by atoms with Gasteiger partial charge in [0.2, 0.25) is 0 Å². The van der Waals surface area contributed by atoms with E-state index in [2.05, 4.69) is 10.6 Å². The summed E-state index contributed by atoms with van der Waals surface area (Å²) in [5.41, 5.74) is 10.5. The Kier molecular flexibility index (Phi) is 7.65. The number of nitrogens with one attached hydrogen (secondary N) is 2. The number of nitrogens with two attached hydrogens (primary N) is 2. The lowest BCUT2D eigenvalue weighted by Gasteiger charge is -1.97. The predicted octanol–water partition coefficient (Wildman–Crippen LogP) is -1.45. The third-order valence-corrected chi connectivity index (χ3v) is 0.896. The first kappa shape index (κ1) is 9.26. The van der Waals surface area contributed by atoms with E-state index in [0.29, 0.717) is 13.1 Å². The Morgan fingerprint density at radius 2 is 1.30 bits per heavy atom. The van der Waals surface area contributed by atoms with Crippen LogP contribution >= 0.6 is 0 Å². The molecule has 0 unspecified atom stereocenters. The second-order valence-electron chi connectivity index (χ2n) is 1.82. The Morgan fingerprint density at radius 3 is 1.60 bits per heavy atom. The van der Waals surface area contributed by atoms with E-state index in [4.69, 9.17) is 11.5 Å². The van der Waals surface area contributed by atoms with Gasteiger partial charge in [-0.2, -0.15) is 0 Å². The highest BCUT2D eigenvalue weighted by atomic mass is 14.9. The Hall–Kier alpha value is -0.740. The molecule has 0 saturated carbocycles. The number of hydrogen-bond acceptors (Lipinski definition) is 4. The summed E-state index contributed by atoms with van der Waals surface area (Å²) in [5, 5.41) is 5.97. The van der Waals surface area contributed by atoms with Crippen molar-refractivity contribution in [2.45, 2.75) is 0 Å². The van der Waals surface area contributed by atoms with Gasteiger partial charge in [-0.3, -0.25) is 0 Å². The van der Waals surface area contributed by atoms with E-state index >= 15 is 0 Å². The zero-order valence-electron chi connectivity index (χ0n) is 6.14. The first-order valence-corrected chi connectivity index (χ1v) is 3.43. The van der Waals surface area contributed by atoms with Crippen LogP contribution in [0.5, 0.6) is 0 Å². The lowest BCUT2D eigenvalue weighted by atomic mass is 10.6. The molecule has 0 aliphatic heterocycles. The van der Waals surface area contributed by atoms with Crippen LogP contribution in [0.1, 0.15) is 0 Å². The molecule has 0 rings (SSSR count). The van der Waals surface area contributed by atoms with E-state index in [1.807, 2.05) is 12.4 Å². The van der Waals surface area contributed by atoms with Crippen molar-refractivity contribution < 1.29 is 0 Å². The van der Waals surface area contributed by atoms with Crippen LogP contribution in [-0.2, 0) is 0 Å². The van der Waals surface area contributed by atoms with Gasteiger partial charge in [-0.1, -0.05) is 0 Å². The van der Waals surface area contributed by atoms with Crippen molar-refractivity contribution in [3.05, 3.63) is 12.4 Å². The molecule has 4 nitrogen and oxygen atoms in total. The molecule has 0 aromatic rings. The van der Waals surface area contributed by atoms with Gasteiger partial charge >= 0.3 is 0 Å². The molecule has 10 heavy (non-hydrogen) atoms. The SMILES string of the molecule is NCCN/C=C/NCCN. The van der Waals surface area contributed by atoms with E-state index in [1.165, 1.54) is 0 Å². The van der Waals surface area contributed by atoms with Crippen molar-refractivity contribution in [3.8, 4) is 0 Å². The van der Waals surface area contributed by atoms with Crippen molar-refractivity contribution in [1.82, 2.24) is 10.6 Å². The minimum atomic E-state index is 0.654. The quantitative estimate of drug-likeness (QED) is 0.344. The fourth-order valence-electron chi connectivity index (χ4n) is 0.451. The summed E-state index contributed by atoms with van der Waals surface area (Å²) in [6.07, 6.45) is 3.64. The molecule has 0 fully saturated rings. The van der Waals surface area contributed by atoms with Crippen LogP contribution in [-0.4, -0.2) is 26.2 Å². The molecular weight excluding hydrogens is 128 g/mol. The molecule has 0 heterocycles. The molecule has 4 heteroatoms. The number of hydrogen-bond donors (Lipinski definition) is 4. The van der Waals surface area contributed by atoms with Crippen LogP contribution in [0.3, 0.4) is 0 Å². The van der Waals surface area contributed by atoms with Gasteiger partial charge in [0.25, 0.3) is 0 Å². The monoisotopic (exact) mass is 144 g/mol. The van der Waals surface area contributed by atoms with Crippen molar-refractivity contribution >= 4 is 0 Å². The van der Waals surface area contributed by atoms with E-state index in [0.717, 1.165) is 13.1 Å². The zero-order valence-corrected chi connectivity index (χ0v) is 6.14. The molecule has 0 aliphatic rings. The van der Waals surface area contributed by atoms with Gasteiger partial charge in [0.05, 0.1) is 0 Å². The first-order valence-electron chi connectivity index (χ1n) is 3.43. The maximum Gasteiger partial charge on any atom is 0.0265 e. The molecule has 0 aromatic carbocycles. The maximum atomic E-state index is 5.23. The third kappa shape index (κ3) is 7.26. The molecule has 0 saturated heterocycles. The van der Waals surface area contributed by atoms with Gasteiger partial charge in [-0.15, -0.1) is 0 Å². The van der Waals surface area contributed by atoms with Crippen LogP contribution in [0, 0.1) is 0 Å². The highest BCUT2D eigenvalue weighted by molar-refractivity contribution is 4.76. The summed E-state index contributed by atoms with van der Waals surface area (Å²) in [6, 6.07) is 0. The minimum Gasteiger partial charge on any atom is -0.388 e. The molecule has 0 radical (unpaired) electrons. The average molecular weight is 144 g/mol. The maximum absolute atomic E-state index is 5.23. The summed E-state index contributed by atoms with van der Waals surface area (Å²) in [7, 11) is 0. The second kappa shape index (κ2) is 8.26. The Morgan fingerprint density at radius 1 is 0.900 bits per heavy atom. The molecule has 60 valence electrons. The molecule has 0 aliphatic carbocycles. The Labute approximate surface area is 61.7 Å². The molecule has 0 aromatic heterocycles. The van der Waals surface area contributed by atoms with Crippen LogP contribution in [0.4, 0.5) is 0 Å². The zero-order chi connectivity index (χ0) is 7.66. The number of rotatable bonds is 6. The van der Waals surface area contributed by atoms with Crippen LogP contribution in [0.25, 0.3) is 0 Å². The van der Waals surface area contributed by atoms with Crippen LogP contribution < -0.4 is 22.1 Å². The summed E-state index contributed by atoms with van der Waals surface area (Å²) in [6.45, 7) is 2.92. The van der Waals surface area contributed by atoms with Gasteiger partial charge in [0, 0.05) is 38.6 Å². The summed E-state index contributed by atoms with van der Waals surface area (Å²) in [4.78, 5) is 0. The van der Waals surface area contributed by atoms with Crippen molar-refractivity contribution in [1.29, 1.82) is 0 Å². The average Bonchev–Trinajstić information content (AvgIpc) is 1.97. The molecular formula is C6H16N4. The van der Waals surface area contributed by atoms with Gasteiger partial charge in [-0.05, 0) is 0 Å². The summed E-state index contributed by atoms with van der Waals surface area (Å²) < 4.78 is 0. The highest BCUT2D eigenvalue weighted by Crippen LogP contribution is 1.59. The molecule has 0 atom stereocenters. The van der Waals surface area contributed by atoms with Gasteiger partial charge in [0.1, 0.15) is 0 Å². The Balaban J connectivity index is 2.89. The fraction of sp³-hybridized carbons (Fsp3) is 0.667. The summed E-state index contributed by atoms with van der Waals surface area (Å²) >= 11 is 0. The molecule has 0 amide bonds. The fourth-order valence-corrected chi connectivity index (χ4v) is 0.451. The van der Waals surface area contributed by atoms with Crippen molar-refractivity contribution in [2.24, 2.45) is 11.5 Å². The smallest absolute Gasteiger partial charge is 0.0265 e.